The van der Waals surface area contributed by atoms with Gasteiger partial charge in [0.05, 0.1) is 156 Å². The zero-order valence-corrected chi connectivity index (χ0v) is 84.4. The number of carbonyl (C=O) groups excluding carboxylic acids is 5. The van der Waals surface area contributed by atoms with E-state index in [9.17, 15) is 81.0 Å². The van der Waals surface area contributed by atoms with Crippen LogP contribution in [0.5, 0.6) is 0 Å². The van der Waals surface area contributed by atoms with E-state index >= 15 is 0 Å². The SMILES string of the molecule is CC1CN(C(=O)c2cccc(C(F)(F)F)c2Cl)C(C)c2nnn(-c3ccc(F)cc3)c21.CC1CN(C(=O)c2cccc(C(F)(F)F)c2Cl)C(C)c2nnn(-c3ccccc3)c21.CC1Cc2c(nnn2-c2ccccc2)[C@H](C)N1C(=O)c1cccc(C(F)(F)F)c1Cl.Cc1ccc(-n2nnc3c2CCN(C(=O)c2cccc(C(F)(F)F)c2Cl)C3C)nc1.Cc1ccnc(-n2nnc3c2CCN(C(=O)c2cccc(Cl)c2Cl)C3C)c1. The van der Waals surface area contributed by atoms with Gasteiger partial charge in [-0.1, -0.05) is 182 Å². The molecule has 768 valence electrons. The molecule has 0 fully saturated rings. The van der Waals surface area contributed by atoms with E-state index in [0.717, 1.165) is 92.8 Å². The first-order chi connectivity index (χ1) is 70.1. The third kappa shape index (κ3) is 21.4. The van der Waals surface area contributed by atoms with Crippen LogP contribution in [-0.4, -0.2) is 171 Å². The Morgan fingerprint density at radius 2 is 0.682 bits per heavy atom. The van der Waals surface area contributed by atoms with Gasteiger partial charge in [-0.3, -0.25) is 24.0 Å². The summed E-state index contributed by atoms with van der Waals surface area (Å²) in [5, 5.41) is 40.6. The Morgan fingerprint density at radius 1 is 0.331 bits per heavy atom. The molecule has 5 amide bonds. The molecule has 0 aliphatic carbocycles. The number of amides is 5. The smallest absolute Gasteiger partial charge is 0.330 e. The normalized spacial score (nSPS) is 17.9. The quantitative estimate of drug-likeness (QED) is 0.115. The molecule has 7 aromatic heterocycles. The van der Waals surface area contributed by atoms with Crippen LogP contribution in [0.3, 0.4) is 0 Å². The third-order valence-corrected chi connectivity index (χ3v) is 28.5. The molecule has 0 radical (unpaired) electrons. The molecule has 0 spiro atoms. The Labute approximate surface area is 867 Å². The summed E-state index contributed by atoms with van der Waals surface area (Å²) in [7, 11) is 0. The van der Waals surface area contributed by atoms with Gasteiger partial charge in [-0.2, -0.15) is 62.0 Å². The third-order valence-electron chi connectivity index (χ3n) is 26.0. The second kappa shape index (κ2) is 43.0. The molecule has 8 atom stereocenters. The Morgan fingerprint density at radius 3 is 1.09 bits per heavy atom. The minimum absolute atomic E-state index is 0.125. The molecule has 0 bridgehead atoms. The molecule has 7 unspecified atom stereocenters. The van der Waals surface area contributed by atoms with Crippen LogP contribution >= 0.6 is 69.6 Å². The van der Waals surface area contributed by atoms with Gasteiger partial charge in [-0.25, -0.2) is 28.4 Å². The Kier molecular flexibility index (Phi) is 31.0. The first kappa shape index (κ1) is 107. The van der Waals surface area contributed by atoms with E-state index in [4.69, 9.17) is 69.6 Å². The molecule has 0 saturated heterocycles. The largest absolute Gasteiger partial charge is 0.417 e. The molecule has 5 aliphatic heterocycles. The van der Waals surface area contributed by atoms with Crippen molar-refractivity contribution in [1.82, 2.24) is 109 Å². The van der Waals surface area contributed by atoms with E-state index in [0.29, 0.717) is 83.8 Å². The molecule has 0 saturated carbocycles. The van der Waals surface area contributed by atoms with E-state index in [1.807, 2.05) is 126 Å². The summed E-state index contributed by atoms with van der Waals surface area (Å²) in [5.41, 5.74) is 7.37. The van der Waals surface area contributed by atoms with Crippen molar-refractivity contribution in [2.75, 3.05) is 26.2 Å². The zero-order chi connectivity index (χ0) is 107. The van der Waals surface area contributed by atoms with Crippen molar-refractivity contribution in [3.8, 4) is 28.7 Å². The molecule has 15 aromatic rings. The monoisotopic (exact) mass is 2160 g/mol. The summed E-state index contributed by atoms with van der Waals surface area (Å²) in [6.45, 7) is 20.0. The summed E-state index contributed by atoms with van der Waals surface area (Å²) < 4.78 is 180. The number of para-hydroxylation sites is 2. The average molecular weight is 2160 g/mol. The number of nitrogens with zero attached hydrogens (tertiary/aromatic N) is 22. The van der Waals surface area contributed by atoms with Crippen LogP contribution < -0.4 is 0 Å². The number of rotatable bonds is 10. The molecular formula is C102H87Cl6F13N22O5. The Bertz CT molecular complexity index is 7520. The van der Waals surface area contributed by atoms with Crippen molar-refractivity contribution in [1.29, 1.82) is 0 Å². The number of hydrogen-bond donors (Lipinski definition) is 0. The van der Waals surface area contributed by atoms with Gasteiger partial charge in [-0.05, 0) is 194 Å². The van der Waals surface area contributed by atoms with Crippen molar-refractivity contribution in [3.63, 3.8) is 0 Å². The lowest BCUT2D eigenvalue weighted by Crippen LogP contribution is -2.45. The van der Waals surface area contributed by atoms with Gasteiger partial charge in [0.25, 0.3) is 29.5 Å². The maximum absolute atomic E-state index is 13.3. The number of pyridine rings is 2. The standard InChI is InChI=1S/C21H17ClF4N4O.2C21H18ClF3N4O.C20H17ClF3N5O.C19H17Cl2N5O/c1-11-10-29(20(31)15-4-3-5-16(17(15)22)21(24,25)26)12(2)18-19(11)30(28-27-18)14-8-6-13(23)7-9-14;1-12-11-28(20(30)15-9-6-10-16(17(15)22)21(23,24)25)13(2)18-19(12)29(27-26-18)14-7-4-3-5-8-14;1-12-11-17-19(26-27-29(17)14-7-4-3-5-8-14)13(2)28(12)20(30)15-9-6-10-16(18(15)22)21(23,24)25;1-11-6-7-16(25-10-11)29-15-8-9-28(12(2)18(15)26-27-29)19(30)13-4-3-5-14(17(13)21)20(22,23)24;1-11-6-8-22-16(10-11)26-15-7-9-25(12(2)18(15)23-24-26)19(27)13-4-3-5-14(20)17(13)21/h3-9,11-12H,10H2,1-2H3;2*3-10,12-13H,11H2,1-2H3;3-7,10,12H,8-9H2,1-2H3;3-6,8,10,12H,7,9H2,1-2H3/t;;12?,13-;;/m..0../s1. The molecular weight excluding hydrogens is 2070 g/mol. The van der Waals surface area contributed by atoms with Crippen molar-refractivity contribution < 1.29 is 81.0 Å². The summed E-state index contributed by atoms with van der Waals surface area (Å²) in [5.74, 6) is -1.87. The summed E-state index contributed by atoms with van der Waals surface area (Å²) >= 11 is 36.2. The molecule has 0 N–H and O–H groups in total. The highest BCUT2D eigenvalue weighted by atomic mass is 35.5. The molecule has 20 rings (SSSR count). The van der Waals surface area contributed by atoms with Crippen LogP contribution in [0.1, 0.15) is 240 Å². The number of aromatic nitrogens is 17. The fourth-order valence-corrected chi connectivity index (χ4v) is 20.2. The predicted octanol–water partition coefficient (Wildman–Crippen LogP) is 24.2. The van der Waals surface area contributed by atoms with E-state index in [-0.39, 0.29) is 69.5 Å². The zero-order valence-electron chi connectivity index (χ0n) is 79.8. The second-order valence-corrected chi connectivity index (χ2v) is 38.0. The highest BCUT2D eigenvalue weighted by molar-refractivity contribution is 6.44. The maximum atomic E-state index is 13.3. The number of carbonyl (C=O) groups is 5. The van der Waals surface area contributed by atoms with E-state index in [1.165, 1.54) is 74.2 Å². The van der Waals surface area contributed by atoms with Crippen LogP contribution in [0.15, 0.2) is 213 Å². The summed E-state index contributed by atoms with van der Waals surface area (Å²) in [6, 6.07) is 48.4. The highest BCUT2D eigenvalue weighted by Gasteiger charge is 2.47. The number of halogens is 19. The molecule has 148 heavy (non-hydrogen) atoms. The van der Waals surface area contributed by atoms with Gasteiger partial charge in [0.1, 0.15) is 34.3 Å². The number of fused-ring (bicyclic) bond motifs is 5. The fourth-order valence-electron chi connectivity index (χ4n) is 18.5. The Hall–Kier alpha value is -14.1. The van der Waals surface area contributed by atoms with E-state index in [2.05, 4.69) is 61.5 Å². The minimum atomic E-state index is -4.67. The van der Waals surface area contributed by atoms with Gasteiger partial charge in [-0.15, -0.1) is 25.5 Å². The van der Waals surface area contributed by atoms with Crippen LogP contribution in [0.25, 0.3) is 28.7 Å². The second-order valence-electron chi connectivity index (χ2n) is 35.7. The lowest BCUT2D eigenvalue weighted by Gasteiger charge is -2.38. The average Bonchev–Trinajstić information content (AvgIpc) is 1.62. The first-order valence-corrected chi connectivity index (χ1v) is 48.3. The topological polar surface area (TPSA) is 281 Å². The highest BCUT2D eigenvalue weighted by Crippen LogP contribution is 2.47. The number of alkyl halides is 12. The van der Waals surface area contributed by atoms with Crippen molar-refractivity contribution in [3.05, 3.63) is 367 Å². The first-order valence-electron chi connectivity index (χ1n) is 46.0. The molecule has 8 aromatic carbocycles. The van der Waals surface area contributed by atoms with Gasteiger partial charge >= 0.3 is 24.7 Å². The lowest BCUT2D eigenvalue weighted by molar-refractivity contribution is -0.138. The van der Waals surface area contributed by atoms with Crippen LogP contribution in [-0.2, 0) is 44.0 Å². The summed E-state index contributed by atoms with van der Waals surface area (Å²) in [6.07, 6.45) is -13.6. The van der Waals surface area contributed by atoms with Crippen molar-refractivity contribution in [2.45, 2.75) is 161 Å². The number of aryl methyl sites for hydroxylation is 2. The predicted molar refractivity (Wildman–Crippen MR) is 524 cm³/mol. The minimum Gasteiger partial charge on any atom is -0.330 e. The van der Waals surface area contributed by atoms with Crippen molar-refractivity contribution >= 4 is 99.1 Å². The molecule has 12 heterocycles. The fraction of sp³-hybridized carbons (Fsp3) is 0.284. The van der Waals surface area contributed by atoms with Gasteiger partial charge in [0.2, 0.25) is 0 Å². The van der Waals surface area contributed by atoms with Gasteiger partial charge < -0.3 is 24.5 Å². The molecule has 46 heteroatoms. The molecule has 5 aliphatic rings. The lowest BCUT2D eigenvalue weighted by atomic mass is 9.94. The number of benzene rings is 8. The van der Waals surface area contributed by atoms with Gasteiger partial charge in [0, 0.05) is 75.7 Å². The van der Waals surface area contributed by atoms with Crippen LogP contribution in [0.4, 0.5) is 57.1 Å². The summed E-state index contributed by atoms with van der Waals surface area (Å²) in [4.78, 5) is 82.0. The van der Waals surface area contributed by atoms with Crippen molar-refractivity contribution in [2.24, 2.45) is 0 Å². The Balaban J connectivity index is 0.000000132. The van der Waals surface area contributed by atoms with Crippen LogP contribution in [0.2, 0.25) is 30.1 Å². The van der Waals surface area contributed by atoms with E-state index < -0.39 is 115 Å². The maximum Gasteiger partial charge on any atom is 0.417 e. The van der Waals surface area contributed by atoms with Crippen LogP contribution in [0, 0.1) is 19.7 Å². The molecule has 27 nitrogen and oxygen atoms in total. The van der Waals surface area contributed by atoms with Gasteiger partial charge in [0.15, 0.2) is 11.6 Å². The van der Waals surface area contributed by atoms with E-state index in [1.54, 1.807) is 98.7 Å². The number of hydrogen-bond acceptors (Lipinski definition) is 17.